The molecule has 22 heavy (non-hydrogen) atoms. The summed E-state index contributed by atoms with van der Waals surface area (Å²) in [4.78, 5) is 23.0. The summed E-state index contributed by atoms with van der Waals surface area (Å²) in [5.41, 5.74) is 0.890. The van der Waals surface area contributed by atoms with Crippen molar-refractivity contribution in [3.05, 3.63) is 27.8 Å². The van der Waals surface area contributed by atoms with Crippen molar-refractivity contribution in [2.75, 3.05) is 13.1 Å². The van der Waals surface area contributed by atoms with Crippen molar-refractivity contribution in [2.45, 2.75) is 45.4 Å². The molecule has 1 fully saturated rings. The molecule has 0 aliphatic carbocycles. The zero-order chi connectivity index (χ0) is 15.5. The van der Waals surface area contributed by atoms with Crippen LogP contribution < -0.4 is 0 Å². The molecule has 0 N–H and O–H groups in total. The van der Waals surface area contributed by atoms with Crippen LogP contribution in [0.1, 0.15) is 48.1 Å². The van der Waals surface area contributed by atoms with Crippen molar-refractivity contribution in [3.63, 3.8) is 0 Å². The molecule has 7 heteroatoms. The maximum Gasteiger partial charge on any atom is 0.229 e. The minimum Gasteiger partial charge on any atom is -0.342 e. The first kappa shape index (κ1) is 15.1. The summed E-state index contributed by atoms with van der Waals surface area (Å²) in [5, 5.41) is 6.92. The van der Waals surface area contributed by atoms with E-state index in [-0.39, 0.29) is 11.8 Å². The van der Waals surface area contributed by atoms with Crippen LogP contribution in [0, 0.1) is 6.92 Å². The Morgan fingerprint density at radius 3 is 2.77 bits per heavy atom. The number of hydrogen-bond acceptors (Lipinski definition) is 6. The number of amides is 1. The van der Waals surface area contributed by atoms with Crippen molar-refractivity contribution in [2.24, 2.45) is 0 Å². The molecule has 6 nitrogen and oxygen atoms in total. The zero-order valence-electron chi connectivity index (χ0n) is 12.9. The minimum absolute atomic E-state index is 0.160. The van der Waals surface area contributed by atoms with Crippen LogP contribution in [0.25, 0.3) is 0 Å². The van der Waals surface area contributed by atoms with E-state index in [4.69, 9.17) is 4.52 Å². The summed E-state index contributed by atoms with van der Waals surface area (Å²) in [6.07, 6.45) is 3.09. The molecule has 0 spiro atoms. The predicted octanol–water partition coefficient (Wildman–Crippen LogP) is 2.35. The number of carbonyl (C=O) groups excluding carboxylic acids is 1. The Bertz CT molecular complexity index is 644. The van der Waals surface area contributed by atoms with Gasteiger partial charge in [0, 0.05) is 24.4 Å². The Morgan fingerprint density at radius 2 is 2.18 bits per heavy atom. The highest BCUT2D eigenvalue weighted by Gasteiger charge is 2.27. The number of aromatic nitrogens is 3. The molecule has 0 radical (unpaired) electrons. The zero-order valence-corrected chi connectivity index (χ0v) is 13.7. The highest BCUT2D eigenvalue weighted by Crippen LogP contribution is 2.27. The third kappa shape index (κ3) is 3.35. The van der Waals surface area contributed by atoms with Crippen molar-refractivity contribution in [3.8, 4) is 0 Å². The molecule has 0 atom stereocenters. The molecule has 0 saturated carbocycles. The highest BCUT2D eigenvalue weighted by atomic mass is 32.1. The van der Waals surface area contributed by atoms with Gasteiger partial charge in [-0.3, -0.25) is 4.79 Å². The van der Waals surface area contributed by atoms with E-state index in [9.17, 15) is 4.79 Å². The SMILES string of the molecule is CCc1nc(CC(=O)N2CCC(c3nc(C)no3)CC2)cs1. The van der Waals surface area contributed by atoms with Gasteiger partial charge in [-0.15, -0.1) is 11.3 Å². The lowest BCUT2D eigenvalue weighted by Gasteiger charge is -2.30. The normalized spacial score (nSPS) is 16.2. The molecule has 0 unspecified atom stereocenters. The Hall–Kier alpha value is -1.76. The Balaban J connectivity index is 1.53. The number of piperidine rings is 1. The van der Waals surface area contributed by atoms with E-state index in [0.717, 1.165) is 43.1 Å². The number of thiazole rings is 1. The molecule has 0 aromatic carbocycles. The molecule has 2 aromatic rings. The highest BCUT2D eigenvalue weighted by molar-refractivity contribution is 7.09. The fourth-order valence-electron chi connectivity index (χ4n) is 2.71. The second-order valence-electron chi connectivity index (χ2n) is 5.60. The third-order valence-electron chi connectivity index (χ3n) is 3.97. The van der Waals surface area contributed by atoms with Crippen LogP contribution in [0.2, 0.25) is 0 Å². The molecule has 0 bridgehead atoms. The summed E-state index contributed by atoms with van der Waals surface area (Å²) in [7, 11) is 0. The van der Waals surface area contributed by atoms with Crippen molar-refractivity contribution in [1.29, 1.82) is 0 Å². The van der Waals surface area contributed by atoms with Gasteiger partial charge < -0.3 is 9.42 Å². The standard InChI is InChI=1S/C15H20N4O2S/c1-3-13-17-12(9-22-13)8-14(20)19-6-4-11(5-7-19)15-16-10(2)18-21-15/h9,11H,3-8H2,1-2H3. The Labute approximate surface area is 133 Å². The number of hydrogen-bond donors (Lipinski definition) is 0. The number of carbonyl (C=O) groups is 1. The molecule has 1 aliphatic rings. The molecule has 2 aromatic heterocycles. The number of likely N-dealkylation sites (tertiary alicyclic amines) is 1. The number of rotatable bonds is 4. The summed E-state index contributed by atoms with van der Waals surface area (Å²) >= 11 is 1.63. The second kappa shape index (κ2) is 6.56. The monoisotopic (exact) mass is 320 g/mol. The summed E-state index contributed by atoms with van der Waals surface area (Å²) < 4.78 is 5.24. The van der Waals surface area contributed by atoms with Crippen LogP contribution >= 0.6 is 11.3 Å². The maximum atomic E-state index is 12.4. The van der Waals surface area contributed by atoms with Gasteiger partial charge >= 0.3 is 0 Å². The first-order chi connectivity index (χ1) is 10.7. The second-order valence-corrected chi connectivity index (χ2v) is 6.54. The van der Waals surface area contributed by atoms with Crippen LogP contribution in [0.4, 0.5) is 0 Å². The van der Waals surface area contributed by atoms with E-state index in [1.807, 2.05) is 17.2 Å². The molecule has 3 rings (SSSR count). The Kier molecular flexibility index (Phi) is 4.52. The van der Waals surface area contributed by atoms with Crippen molar-refractivity contribution in [1.82, 2.24) is 20.0 Å². The molecule has 1 amide bonds. The molecule has 3 heterocycles. The van der Waals surface area contributed by atoms with Gasteiger partial charge in [-0.25, -0.2) is 4.98 Å². The molecular weight excluding hydrogens is 300 g/mol. The van der Waals surface area contributed by atoms with Gasteiger partial charge in [-0.2, -0.15) is 4.98 Å². The van der Waals surface area contributed by atoms with Crippen molar-refractivity contribution >= 4 is 17.2 Å². The Morgan fingerprint density at radius 1 is 1.41 bits per heavy atom. The fraction of sp³-hybridized carbons (Fsp3) is 0.600. The van der Waals surface area contributed by atoms with E-state index >= 15 is 0 Å². The first-order valence-corrected chi connectivity index (χ1v) is 8.55. The molecule has 1 saturated heterocycles. The minimum atomic E-state index is 0.160. The molecule has 118 valence electrons. The first-order valence-electron chi connectivity index (χ1n) is 7.67. The predicted molar refractivity (Wildman–Crippen MR) is 82.8 cm³/mol. The van der Waals surface area contributed by atoms with Crippen LogP contribution in [-0.4, -0.2) is 39.0 Å². The topological polar surface area (TPSA) is 72.1 Å². The molecular formula is C15H20N4O2S. The van der Waals surface area contributed by atoms with Crippen LogP contribution in [0.3, 0.4) is 0 Å². The summed E-state index contributed by atoms with van der Waals surface area (Å²) in [6.45, 7) is 5.39. The smallest absolute Gasteiger partial charge is 0.229 e. The van der Waals surface area contributed by atoms with Gasteiger partial charge in [0.2, 0.25) is 11.8 Å². The molecule has 1 aliphatic heterocycles. The van der Waals surface area contributed by atoms with Gasteiger partial charge in [-0.1, -0.05) is 12.1 Å². The average Bonchev–Trinajstić information content (AvgIpc) is 3.16. The lowest BCUT2D eigenvalue weighted by Crippen LogP contribution is -2.38. The number of aryl methyl sites for hydroxylation is 2. The van der Waals surface area contributed by atoms with Gasteiger partial charge in [-0.05, 0) is 26.2 Å². The van der Waals surface area contributed by atoms with Gasteiger partial charge in [0.1, 0.15) is 0 Å². The van der Waals surface area contributed by atoms with Gasteiger partial charge in [0.25, 0.3) is 0 Å². The van der Waals surface area contributed by atoms with E-state index in [1.54, 1.807) is 11.3 Å². The summed E-state index contributed by atoms with van der Waals surface area (Å²) in [6, 6.07) is 0. The van der Waals surface area contributed by atoms with Crippen LogP contribution in [0.5, 0.6) is 0 Å². The maximum absolute atomic E-state index is 12.4. The van der Waals surface area contributed by atoms with Crippen LogP contribution in [0.15, 0.2) is 9.90 Å². The fourth-order valence-corrected chi connectivity index (χ4v) is 3.46. The van der Waals surface area contributed by atoms with E-state index in [1.165, 1.54) is 0 Å². The van der Waals surface area contributed by atoms with Gasteiger partial charge in [0.15, 0.2) is 5.82 Å². The van der Waals surface area contributed by atoms with E-state index < -0.39 is 0 Å². The van der Waals surface area contributed by atoms with Gasteiger partial charge in [0.05, 0.1) is 17.1 Å². The summed E-state index contributed by atoms with van der Waals surface area (Å²) in [5.74, 6) is 1.81. The quantitative estimate of drug-likeness (QED) is 0.864. The lowest BCUT2D eigenvalue weighted by molar-refractivity contribution is -0.131. The average molecular weight is 320 g/mol. The van der Waals surface area contributed by atoms with E-state index in [0.29, 0.717) is 18.1 Å². The van der Waals surface area contributed by atoms with E-state index in [2.05, 4.69) is 22.0 Å². The number of nitrogens with zero attached hydrogens (tertiary/aromatic N) is 4. The largest absolute Gasteiger partial charge is 0.342 e. The van der Waals surface area contributed by atoms with Crippen LogP contribution in [-0.2, 0) is 17.6 Å². The van der Waals surface area contributed by atoms with Crippen molar-refractivity contribution < 1.29 is 9.32 Å². The lowest BCUT2D eigenvalue weighted by atomic mass is 9.96. The third-order valence-corrected chi connectivity index (χ3v) is 5.02.